The predicted molar refractivity (Wildman–Crippen MR) is 97.1 cm³/mol. The van der Waals surface area contributed by atoms with Crippen LogP contribution in [0.3, 0.4) is 0 Å². The summed E-state index contributed by atoms with van der Waals surface area (Å²) in [6.07, 6.45) is 7.76. The van der Waals surface area contributed by atoms with E-state index in [1.165, 1.54) is 0 Å². The molecule has 6 heteroatoms. The average molecular weight is 341 g/mol. The minimum atomic E-state index is 0.108. The highest BCUT2D eigenvalue weighted by atomic mass is 16.1. The van der Waals surface area contributed by atoms with E-state index < -0.39 is 0 Å². The number of nitriles is 1. The highest BCUT2D eigenvalue weighted by molar-refractivity contribution is 5.79. The summed E-state index contributed by atoms with van der Waals surface area (Å²) in [6, 6.07) is 6.72. The van der Waals surface area contributed by atoms with E-state index in [9.17, 15) is 4.79 Å². The van der Waals surface area contributed by atoms with Crippen LogP contribution in [0.2, 0.25) is 0 Å². The minimum absolute atomic E-state index is 0.108. The topological polar surface area (TPSA) is 81.0 Å². The molecule has 0 atom stereocenters. The van der Waals surface area contributed by atoms with Gasteiger partial charge in [-0.25, -0.2) is 4.98 Å². The minimum Gasteiger partial charge on any atom is -0.357 e. The van der Waals surface area contributed by atoms with Crippen molar-refractivity contribution in [1.29, 1.82) is 5.26 Å². The van der Waals surface area contributed by atoms with Gasteiger partial charge in [-0.2, -0.15) is 5.26 Å². The molecule has 2 N–H and O–H groups in total. The summed E-state index contributed by atoms with van der Waals surface area (Å²) in [5.74, 6) is 1.22. The number of piperidine rings is 1. The fourth-order valence-electron chi connectivity index (χ4n) is 3.86. The molecule has 1 aromatic heterocycles. The van der Waals surface area contributed by atoms with Crippen molar-refractivity contribution in [2.24, 2.45) is 5.92 Å². The molecule has 0 bridgehead atoms. The fraction of sp³-hybridized carbons (Fsp3) is 0.632. The van der Waals surface area contributed by atoms with E-state index in [-0.39, 0.29) is 11.8 Å². The van der Waals surface area contributed by atoms with E-state index >= 15 is 0 Å². The third-order valence-electron chi connectivity index (χ3n) is 5.55. The van der Waals surface area contributed by atoms with Gasteiger partial charge in [0.15, 0.2) is 0 Å². The zero-order valence-electron chi connectivity index (χ0n) is 14.9. The predicted octanol–water partition coefficient (Wildman–Crippen LogP) is 1.82. The summed E-state index contributed by atoms with van der Waals surface area (Å²) >= 11 is 0. The Balaban J connectivity index is 1.45. The average Bonchev–Trinajstić information content (AvgIpc) is 2.69. The molecule has 0 aromatic carbocycles. The molecule has 1 aromatic rings. The standard InChI is InChI=1S/C19H27N5O/c1-21-16-3-5-17(6-4-16)23-19(25)15-8-10-24(11-9-15)18-7-2-14(12-20)13-22-18/h2,7,13,15-17,21H,3-6,8-11H2,1H3,(H,23,25). The van der Waals surface area contributed by atoms with Gasteiger partial charge in [0.1, 0.15) is 11.9 Å². The second-order valence-electron chi connectivity index (χ2n) is 7.12. The molecular formula is C19H27N5O. The van der Waals surface area contributed by atoms with Crippen molar-refractivity contribution in [3.05, 3.63) is 23.9 Å². The van der Waals surface area contributed by atoms with Crippen molar-refractivity contribution < 1.29 is 4.79 Å². The van der Waals surface area contributed by atoms with Gasteiger partial charge in [-0.15, -0.1) is 0 Å². The lowest BCUT2D eigenvalue weighted by molar-refractivity contribution is -0.126. The molecule has 3 rings (SSSR count). The van der Waals surface area contributed by atoms with Crippen molar-refractivity contribution in [3.8, 4) is 6.07 Å². The highest BCUT2D eigenvalue weighted by Crippen LogP contribution is 2.24. The third-order valence-corrected chi connectivity index (χ3v) is 5.55. The Morgan fingerprint density at radius 1 is 1.16 bits per heavy atom. The van der Waals surface area contributed by atoms with Gasteiger partial charge in [-0.1, -0.05) is 0 Å². The van der Waals surface area contributed by atoms with Gasteiger partial charge in [0, 0.05) is 37.3 Å². The summed E-state index contributed by atoms with van der Waals surface area (Å²) in [4.78, 5) is 19.1. The van der Waals surface area contributed by atoms with E-state index in [1.807, 2.05) is 13.1 Å². The number of aromatic nitrogens is 1. The number of rotatable bonds is 4. The maximum Gasteiger partial charge on any atom is 0.223 e. The molecule has 1 aliphatic heterocycles. The van der Waals surface area contributed by atoms with Gasteiger partial charge in [0.05, 0.1) is 5.56 Å². The first kappa shape index (κ1) is 17.7. The van der Waals surface area contributed by atoms with E-state index in [4.69, 9.17) is 5.26 Å². The van der Waals surface area contributed by atoms with E-state index in [2.05, 4.69) is 26.6 Å². The molecule has 1 saturated heterocycles. The molecule has 6 nitrogen and oxygen atoms in total. The summed E-state index contributed by atoms with van der Waals surface area (Å²) in [5.41, 5.74) is 0.575. The van der Waals surface area contributed by atoms with Crippen molar-refractivity contribution in [3.63, 3.8) is 0 Å². The fourth-order valence-corrected chi connectivity index (χ4v) is 3.86. The third kappa shape index (κ3) is 4.49. The Morgan fingerprint density at radius 3 is 2.40 bits per heavy atom. The molecule has 134 valence electrons. The van der Waals surface area contributed by atoms with Crippen LogP contribution in [-0.2, 0) is 4.79 Å². The van der Waals surface area contributed by atoms with Gasteiger partial charge < -0.3 is 15.5 Å². The Hall–Kier alpha value is -2.13. The monoisotopic (exact) mass is 341 g/mol. The Bertz CT molecular complexity index is 608. The molecular weight excluding hydrogens is 314 g/mol. The first-order valence-corrected chi connectivity index (χ1v) is 9.28. The number of anilines is 1. The number of hydrogen-bond acceptors (Lipinski definition) is 5. The number of hydrogen-bond donors (Lipinski definition) is 2. The smallest absolute Gasteiger partial charge is 0.223 e. The van der Waals surface area contributed by atoms with Crippen molar-refractivity contribution in [2.45, 2.75) is 50.6 Å². The molecule has 25 heavy (non-hydrogen) atoms. The molecule has 1 saturated carbocycles. The van der Waals surface area contributed by atoms with Gasteiger partial charge in [0.2, 0.25) is 5.91 Å². The first-order valence-electron chi connectivity index (χ1n) is 9.28. The van der Waals surface area contributed by atoms with E-state index in [1.54, 1.807) is 12.3 Å². The van der Waals surface area contributed by atoms with Crippen LogP contribution in [0.25, 0.3) is 0 Å². The maximum atomic E-state index is 12.5. The van der Waals surface area contributed by atoms with Crippen LogP contribution in [0.5, 0.6) is 0 Å². The van der Waals surface area contributed by atoms with Gasteiger partial charge in [0.25, 0.3) is 0 Å². The number of carbonyl (C=O) groups is 1. The molecule has 2 heterocycles. The lowest BCUT2D eigenvalue weighted by atomic mass is 9.90. The van der Waals surface area contributed by atoms with Crippen molar-refractivity contribution in [2.75, 3.05) is 25.0 Å². The second-order valence-corrected chi connectivity index (χ2v) is 7.12. The van der Waals surface area contributed by atoms with Crippen LogP contribution in [0.1, 0.15) is 44.1 Å². The van der Waals surface area contributed by atoms with Crippen LogP contribution in [0.4, 0.5) is 5.82 Å². The highest BCUT2D eigenvalue weighted by Gasteiger charge is 2.28. The van der Waals surface area contributed by atoms with E-state index in [0.29, 0.717) is 17.6 Å². The first-order chi connectivity index (χ1) is 12.2. The lowest BCUT2D eigenvalue weighted by Gasteiger charge is -2.34. The number of pyridine rings is 1. The van der Waals surface area contributed by atoms with Gasteiger partial charge >= 0.3 is 0 Å². The molecule has 0 spiro atoms. The number of nitrogens with one attached hydrogen (secondary N) is 2. The van der Waals surface area contributed by atoms with Crippen LogP contribution >= 0.6 is 0 Å². The number of carbonyl (C=O) groups excluding carboxylic acids is 1. The molecule has 1 amide bonds. The summed E-state index contributed by atoms with van der Waals surface area (Å²) < 4.78 is 0. The SMILES string of the molecule is CNC1CCC(NC(=O)C2CCN(c3ccc(C#N)cn3)CC2)CC1. The Labute approximate surface area is 149 Å². The van der Waals surface area contributed by atoms with Crippen LogP contribution in [0.15, 0.2) is 18.3 Å². The molecule has 1 aliphatic carbocycles. The Kier molecular flexibility index (Phi) is 5.87. The van der Waals surface area contributed by atoms with Crippen molar-refractivity contribution in [1.82, 2.24) is 15.6 Å². The maximum absolute atomic E-state index is 12.5. The largest absolute Gasteiger partial charge is 0.357 e. The molecule has 2 fully saturated rings. The van der Waals surface area contributed by atoms with Crippen molar-refractivity contribution >= 4 is 11.7 Å². The zero-order chi connectivity index (χ0) is 17.6. The summed E-state index contributed by atoms with van der Waals surface area (Å²) in [7, 11) is 2.01. The molecule has 0 unspecified atom stereocenters. The normalized spacial score (nSPS) is 24.6. The van der Waals surface area contributed by atoms with Crippen LogP contribution in [0, 0.1) is 17.2 Å². The summed E-state index contributed by atoms with van der Waals surface area (Å²) in [5, 5.41) is 15.4. The zero-order valence-corrected chi connectivity index (χ0v) is 14.9. The van der Waals surface area contributed by atoms with Crippen LogP contribution < -0.4 is 15.5 Å². The second kappa shape index (κ2) is 8.30. The van der Waals surface area contributed by atoms with Gasteiger partial charge in [-0.05, 0) is 57.7 Å². The number of amides is 1. The van der Waals surface area contributed by atoms with Gasteiger partial charge in [-0.3, -0.25) is 4.79 Å². The molecule has 2 aliphatic rings. The van der Waals surface area contributed by atoms with Crippen LogP contribution in [-0.4, -0.2) is 43.1 Å². The van der Waals surface area contributed by atoms with E-state index in [0.717, 1.165) is 57.4 Å². The lowest BCUT2D eigenvalue weighted by Crippen LogP contribution is -2.46. The summed E-state index contributed by atoms with van der Waals surface area (Å²) in [6.45, 7) is 1.67. The Morgan fingerprint density at radius 2 is 1.84 bits per heavy atom. The molecule has 0 radical (unpaired) electrons. The number of nitrogens with zero attached hydrogens (tertiary/aromatic N) is 3. The quantitative estimate of drug-likeness (QED) is 0.873.